The van der Waals surface area contributed by atoms with Gasteiger partial charge in [-0.1, -0.05) is 0 Å². The van der Waals surface area contributed by atoms with E-state index < -0.39 is 0 Å². The zero-order chi connectivity index (χ0) is 11.0. The van der Waals surface area contributed by atoms with Crippen molar-refractivity contribution in [2.45, 2.75) is 6.54 Å². The number of hydrogen-bond donors (Lipinski definition) is 0. The van der Waals surface area contributed by atoms with Crippen molar-refractivity contribution in [3.8, 4) is 0 Å². The third-order valence-electron chi connectivity index (χ3n) is 2.75. The van der Waals surface area contributed by atoms with Crippen LogP contribution in [0, 0.1) is 0 Å². The first-order valence-electron chi connectivity index (χ1n) is 5.24. The van der Waals surface area contributed by atoms with E-state index in [1.807, 2.05) is 11.6 Å². The zero-order valence-corrected chi connectivity index (χ0v) is 11.1. The van der Waals surface area contributed by atoms with E-state index in [2.05, 4.69) is 30.2 Å². The number of thiazole rings is 1. The van der Waals surface area contributed by atoms with Gasteiger partial charge in [-0.3, -0.25) is 9.30 Å². The number of hydrogen-bond acceptors (Lipinski definition) is 4. The average Bonchev–Trinajstić information content (AvgIpc) is 2.86. The highest BCUT2D eigenvalue weighted by Crippen LogP contribution is 2.23. The average molecular weight is 302 g/mol. The van der Waals surface area contributed by atoms with Gasteiger partial charge in [-0.05, 0) is 15.9 Å². The van der Waals surface area contributed by atoms with Crippen molar-refractivity contribution in [2.75, 3.05) is 26.3 Å². The van der Waals surface area contributed by atoms with Gasteiger partial charge in [0.15, 0.2) is 4.96 Å². The Morgan fingerprint density at radius 2 is 2.25 bits per heavy atom. The predicted octanol–water partition coefficient (Wildman–Crippen LogP) is 1.99. The van der Waals surface area contributed by atoms with E-state index in [9.17, 15) is 0 Å². The maximum absolute atomic E-state index is 5.33. The Hall–Kier alpha value is -0.430. The lowest BCUT2D eigenvalue weighted by molar-refractivity contribution is 0.0336. The van der Waals surface area contributed by atoms with E-state index >= 15 is 0 Å². The van der Waals surface area contributed by atoms with E-state index in [-0.39, 0.29) is 0 Å². The molecule has 0 unspecified atom stereocenters. The van der Waals surface area contributed by atoms with Crippen LogP contribution in [-0.4, -0.2) is 40.6 Å². The summed E-state index contributed by atoms with van der Waals surface area (Å²) in [6, 6.07) is 0. The Balaban J connectivity index is 1.82. The van der Waals surface area contributed by atoms with Crippen LogP contribution in [-0.2, 0) is 11.3 Å². The lowest BCUT2D eigenvalue weighted by Crippen LogP contribution is -2.35. The van der Waals surface area contributed by atoms with Gasteiger partial charge < -0.3 is 4.74 Å². The van der Waals surface area contributed by atoms with Gasteiger partial charge in [-0.25, -0.2) is 4.98 Å². The van der Waals surface area contributed by atoms with Crippen molar-refractivity contribution in [3.05, 3.63) is 21.9 Å². The highest BCUT2D eigenvalue weighted by molar-refractivity contribution is 9.10. The molecule has 0 radical (unpaired) electrons. The smallest absolute Gasteiger partial charge is 0.194 e. The van der Waals surface area contributed by atoms with Crippen molar-refractivity contribution in [1.29, 1.82) is 0 Å². The molecule has 1 aliphatic heterocycles. The van der Waals surface area contributed by atoms with Crippen LogP contribution in [0.1, 0.15) is 5.69 Å². The molecule has 0 saturated carbocycles. The summed E-state index contributed by atoms with van der Waals surface area (Å²) in [5.41, 5.74) is 1.12. The van der Waals surface area contributed by atoms with E-state index in [4.69, 9.17) is 4.74 Å². The van der Waals surface area contributed by atoms with Crippen LogP contribution in [0.4, 0.5) is 0 Å². The highest BCUT2D eigenvalue weighted by Gasteiger charge is 2.16. The fourth-order valence-corrected chi connectivity index (χ4v) is 3.23. The van der Waals surface area contributed by atoms with Gasteiger partial charge in [-0.15, -0.1) is 11.3 Å². The molecule has 0 N–H and O–H groups in total. The summed E-state index contributed by atoms with van der Waals surface area (Å²) in [6.07, 6.45) is 2.04. The van der Waals surface area contributed by atoms with Crippen molar-refractivity contribution < 1.29 is 4.74 Å². The van der Waals surface area contributed by atoms with Gasteiger partial charge in [-0.2, -0.15) is 0 Å². The summed E-state index contributed by atoms with van der Waals surface area (Å²) in [7, 11) is 0. The van der Waals surface area contributed by atoms with Crippen molar-refractivity contribution >= 4 is 32.2 Å². The lowest BCUT2D eigenvalue weighted by Gasteiger charge is -2.25. The van der Waals surface area contributed by atoms with Crippen LogP contribution in [0.3, 0.4) is 0 Å². The van der Waals surface area contributed by atoms with Gasteiger partial charge in [0.05, 0.1) is 18.9 Å². The number of nitrogens with zero attached hydrogens (tertiary/aromatic N) is 3. The minimum absolute atomic E-state index is 0.833. The number of morpholine rings is 1. The number of imidazole rings is 1. The lowest BCUT2D eigenvalue weighted by atomic mass is 10.3. The molecule has 1 saturated heterocycles. The predicted molar refractivity (Wildman–Crippen MR) is 66.9 cm³/mol. The van der Waals surface area contributed by atoms with Crippen molar-refractivity contribution in [3.63, 3.8) is 0 Å². The summed E-state index contributed by atoms with van der Waals surface area (Å²) in [5.74, 6) is 0. The van der Waals surface area contributed by atoms with E-state index in [0.29, 0.717) is 0 Å². The first-order valence-corrected chi connectivity index (χ1v) is 6.92. The molecule has 0 spiro atoms. The van der Waals surface area contributed by atoms with Gasteiger partial charge in [0, 0.05) is 31.2 Å². The largest absolute Gasteiger partial charge is 0.379 e. The quantitative estimate of drug-likeness (QED) is 0.850. The number of halogens is 1. The molecule has 0 aliphatic carbocycles. The van der Waals surface area contributed by atoms with Gasteiger partial charge >= 0.3 is 0 Å². The second-order valence-corrected chi connectivity index (χ2v) is 5.42. The molecule has 0 atom stereocenters. The minimum Gasteiger partial charge on any atom is -0.379 e. The molecule has 0 bridgehead atoms. The van der Waals surface area contributed by atoms with E-state index in [0.717, 1.165) is 48.1 Å². The molecule has 2 aromatic heterocycles. The standard InChI is InChI=1S/C10H12BrN3OS/c11-9-8(7-13-1-4-15-5-2-13)12-10-14(9)3-6-16-10/h3,6H,1-2,4-5,7H2. The second kappa shape index (κ2) is 4.44. The molecule has 16 heavy (non-hydrogen) atoms. The number of ether oxygens (including phenoxy) is 1. The van der Waals surface area contributed by atoms with Crippen LogP contribution >= 0.6 is 27.3 Å². The molecular formula is C10H12BrN3OS. The zero-order valence-electron chi connectivity index (χ0n) is 8.73. The molecule has 1 fully saturated rings. The fraction of sp³-hybridized carbons (Fsp3) is 0.500. The normalized spacial score (nSPS) is 18.3. The van der Waals surface area contributed by atoms with Crippen molar-refractivity contribution in [1.82, 2.24) is 14.3 Å². The van der Waals surface area contributed by atoms with Gasteiger partial charge in [0.1, 0.15) is 4.60 Å². The molecule has 4 nitrogen and oxygen atoms in total. The van der Waals surface area contributed by atoms with Gasteiger partial charge in [0.25, 0.3) is 0 Å². The second-order valence-electron chi connectivity index (χ2n) is 3.79. The molecule has 6 heteroatoms. The minimum atomic E-state index is 0.833. The summed E-state index contributed by atoms with van der Waals surface area (Å²) in [6.45, 7) is 4.56. The maximum Gasteiger partial charge on any atom is 0.194 e. The number of rotatable bonds is 2. The third kappa shape index (κ3) is 1.90. The van der Waals surface area contributed by atoms with Crippen LogP contribution in [0.2, 0.25) is 0 Å². The Morgan fingerprint density at radius 3 is 3.00 bits per heavy atom. The number of aromatic nitrogens is 2. The molecule has 86 valence electrons. The van der Waals surface area contributed by atoms with Crippen LogP contribution in [0.25, 0.3) is 4.96 Å². The molecule has 0 amide bonds. The van der Waals surface area contributed by atoms with Crippen LogP contribution < -0.4 is 0 Å². The van der Waals surface area contributed by atoms with E-state index in [1.165, 1.54) is 0 Å². The molecule has 2 aromatic rings. The third-order valence-corrected chi connectivity index (χ3v) is 4.34. The Labute approximate surface area is 106 Å². The highest BCUT2D eigenvalue weighted by atomic mass is 79.9. The molecule has 1 aliphatic rings. The Bertz CT molecular complexity index is 489. The summed E-state index contributed by atoms with van der Waals surface area (Å²) >= 11 is 5.27. The van der Waals surface area contributed by atoms with Crippen LogP contribution in [0.15, 0.2) is 16.2 Å². The first-order chi connectivity index (χ1) is 7.84. The first kappa shape index (κ1) is 10.7. The van der Waals surface area contributed by atoms with Gasteiger partial charge in [0.2, 0.25) is 0 Å². The maximum atomic E-state index is 5.33. The summed E-state index contributed by atoms with van der Waals surface area (Å²) < 4.78 is 8.50. The van der Waals surface area contributed by atoms with Crippen LogP contribution in [0.5, 0.6) is 0 Å². The monoisotopic (exact) mass is 301 g/mol. The summed E-state index contributed by atoms with van der Waals surface area (Å²) in [4.78, 5) is 8.05. The molecule has 0 aromatic carbocycles. The summed E-state index contributed by atoms with van der Waals surface area (Å²) in [5, 5.41) is 2.05. The molecule has 3 heterocycles. The Kier molecular flexibility index (Phi) is 2.97. The SMILES string of the molecule is Brc1c(CN2CCOCC2)nc2sccn12. The molecular weight excluding hydrogens is 290 g/mol. The number of fused-ring (bicyclic) bond motifs is 1. The molecule has 3 rings (SSSR count). The fourth-order valence-electron chi connectivity index (χ4n) is 1.87. The topological polar surface area (TPSA) is 29.8 Å². The van der Waals surface area contributed by atoms with Crippen molar-refractivity contribution in [2.24, 2.45) is 0 Å². The van der Waals surface area contributed by atoms with E-state index in [1.54, 1.807) is 11.3 Å². The Morgan fingerprint density at radius 1 is 1.44 bits per heavy atom.